The molecule has 0 spiro atoms. The van der Waals surface area contributed by atoms with E-state index in [4.69, 9.17) is 0 Å². The van der Waals surface area contributed by atoms with Crippen molar-refractivity contribution in [1.29, 1.82) is 0 Å². The summed E-state index contributed by atoms with van der Waals surface area (Å²) < 4.78 is 10.8. The van der Waals surface area contributed by atoms with Crippen LogP contribution in [0.15, 0.2) is 12.4 Å². The summed E-state index contributed by atoms with van der Waals surface area (Å²) >= 11 is 0. The zero-order valence-corrected chi connectivity index (χ0v) is 9.80. The van der Waals surface area contributed by atoms with Gasteiger partial charge in [0.25, 0.3) is 0 Å². The highest BCUT2D eigenvalue weighted by Crippen LogP contribution is 2.05. The van der Waals surface area contributed by atoms with Gasteiger partial charge in [0.15, 0.2) is 0 Å². The van der Waals surface area contributed by atoms with Gasteiger partial charge in [-0.1, -0.05) is 0 Å². The fourth-order valence-electron chi connectivity index (χ4n) is 1.06. The summed E-state index contributed by atoms with van der Waals surface area (Å²) in [6.45, 7) is 0.765. The van der Waals surface area contributed by atoms with Gasteiger partial charge in [-0.05, 0) is 6.42 Å². The van der Waals surface area contributed by atoms with Crippen molar-refractivity contribution in [1.82, 2.24) is 9.97 Å². The maximum absolute atomic E-state index is 10.8. The van der Waals surface area contributed by atoms with Crippen LogP contribution in [0, 0.1) is 0 Å². The SMILES string of the molecule is CNc1cncc(NCCCS(C)=O)n1. The predicted octanol–water partition coefficient (Wildman–Crippen LogP) is 0.699. The van der Waals surface area contributed by atoms with Gasteiger partial charge >= 0.3 is 0 Å². The van der Waals surface area contributed by atoms with E-state index in [-0.39, 0.29) is 0 Å². The third-order valence-corrected chi connectivity index (χ3v) is 2.67. The third-order valence-electron chi connectivity index (χ3n) is 1.81. The van der Waals surface area contributed by atoms with Crippen molar-refractivity contribution < 1.29 is 4.21 Å². The highest BCUT2D eigenvalue weighted by molar-refractivity contribution is 7.84. The van der Waals surface area contributed by atoms with Gasteiger partial charge in [0.05, 0.1) is 12.4 Å². The van der Waals surface area contributed by atoms with Crippen molar-refractivity contribution in [2.45, 2.75) is 6.42 Å². The molecule has 0 amide bonds. The largest absolute Gasteiger partial charge is 0.372 e. The Balaban J connectivity index is 2.33. The molecule has 15 heavy (non-hydrogen) atoms. The first-order chi connectivity index (χ1) is 7.22. The second kappa shape index (κ2) is 6.34. The number of hydrogen-bond acceptors (Lipinski definition) is 5. The molecule has 1 rings (SSSR count). The molecule has 0 fully saturated rings. The highest BCUT2D eigenvalue weighted by Gasteiger charge is 1.96. The molecule has 0 aromatic carbocycles. The minimum absolute atomic E-state index is 0.714. The number of aromatic nitrogens is 2. The van der Waals surface area contributed by atoms with Crippen molar-refractivity contribution >= 4 is 22.4 Å². The first-order valence-electron chi connectivity index (χ1n) is 4.76. The Labute approximate surface area is 92.2 Å². The van der Waals surface area contributed by atoms with E-state index in [0.717, 1.165) is 24.6 Å². The molecule has 1 aromatic rings. The molecule has 0 saturated carbocycles. The topological polar surface area (TPSA) is 66.9 Å². The van der Waals surface area contributed by atoms with Gasteiger partial charge in [0.1, 0.15) is 11.6 Å². The van der Waals surface area contributed by atoms with E-state index in [2.05, 4.69) is 20.6 Å². The number of anilines is 2. The number of nitrogens with one attached hydrogen (secondary N) is 2. The van der Waals surface area contributed by atoms with Crippen LogP contribution in [-0.4, -0.2) is 39.8 Å². The maximum atomic E-state index is 10.8. The fraction of sp³-hybridized carbons (Fsp3) is 0.556. The first kappa shape index (κ1) is 11.9. The van der Waals surface area contributed by atoms with Crippen LogP contribution in [0.4, 0.5) is 11.6 Å². The third kappa shape index (κ3) is 4.73. The molecule has 1 aromatic heterocycles. The lowest BCUT2D eigenvalue weighted by Crippen LogP contribution is -2.08. The Morgan fingerprint density at radius 2 is 2.13 bits per heavy atom. The Kier molecular flexibility index (Phi) is 5.03. The van der Waals surface area contributed by atoms with Crippen LogP contribution in [0.3, 0.4) is 0 Å². The molecule has 6 heteroatoms. The lowest BCUT2D eigenvalue weighted by molar-refractivity contribution is 0.685. The van der Waals surface area contributed by atoms with Gasteiger partial charge in [-0.15, -0.1) is 0 Å². The Morgan fingerprint density at radius 1 is 1.40 bits per heavy atom. The first-order valence-corrected chi connectivity index (χ1v) is 6.49. The minimum atomic E-state index is -0.718. The van der Waals surface area contributed by atoms with Crippen LogP contribution in [0.25, 0.3) is 0 Å². The summed E-state index contributed by atoms with van der Waals surface area (Å²) in [5, 5.41) is 6.04. The van der Waals surface area contributed by atoms with E-state index >= 15 is 0 Å². The second-order valence-corrected chi connectivity index (χ2v) is 4.65. The number of nitrogens with zero attached hydrogens (tertiary/aromatic N) is 2. The molecule has 0 aliphatic heterocycles. The lowest BCUT2D eigenvalue weighted by atomic mass is 10.5. The minimum Gasteiger partial charge on any atom is -0.372 e. The molecule has 2 N–H and O–H groups in total. The average Bonchev–Trinajstić information content (AvgIpc) is 2.24. The van der Waals surface area contributed by atoms with Gasteiger partial charge in [-0.25, -0.2) is 4.98 Å². The zero-order valence-electron chi connectivity index (χ0n) is 8.99. The summed E-state index contributed by atoms with van der Waals surface area (Å²) in [7, 11) is 1.08. The molecule has 0 saturated heterocycles. The van der Waals surface area contributed by atoms with Crippen molar-refractivity contribution in [2.75, 3.05) is 36.2 Å². The lowest BCUT2D eigenvalue weighted by Gasteiger charge is -2.05. The summed E-state index contributed by atoms with van der Waals surface area (Å²) in [5.41, 5.74) is 0. The smallest absolute Gasteiger partial charge is 0.146 e. The van der Waals surface area contributed by atoms with Crippen molar-refractivity contribution in [3.8, 4) is 0 Å². The molecule has 5 nitrogen and oxygen atoms in total. The van der Waals surface area contributed by atoms with Gasteiger partial charge < -0.3 is 10.6 Å². The number of hydrogen-bond donors (Lipinski definition) is 2. The molecule has 1 atom stereocenters. The summed E-state index contributed by atoms with van der Waals surface area (Å²) in [6.07, 6.45) is 5.91. The van der Waals surface area contributed by atoms with E-state index in [1.807, 2.05) is 0 Å². The zero-order chi connectivity index (χ0) is 11.1. The van der Waals surface area contributed by atoms with E-state index in [1.54, 1.807) is 25.7 Å². The highest BCUT2D eigenvalue weighted by atomic mass is 32.2. The molecule has 0 radical (unpaired) electrons. The monoisotopic (exact) mass is 228 g/mol. The summed E-state index contributed by atoms with van der Waals surface area (Å²) in [6, 6.07) is 0. The quantitative estimate of drug-likeness (QED) is 0.702. The molecule has 1 unspecified atom stereocenters. The van der Waals surface area contributed by atoms with E-state index < -0.39 is 10.8 Å². The Morgan fingerprint density at radius 3 is 2.80 bits per heavy atom. The molecular formula is C9H16N4OS. The van der Waals surface area contributed by atoms with Crippen LogP contribution in [-0.2, 0) is 10.8 Å². The van der Waals surface area contributed by atoms with Crippen LogP contribution in [0.2, 0.25) is 0 Å². The van der Waals surface area contributed by atoms with Gasteiger partial charge in [-0.3, -0.25) is 9.19 Å². The van der Waals surface area contributed by atoms with Crippen molar-refractivity contribution in [3.63, 3.8) is 0 Å². The van der Waals surface area contributed by atoms with Crippen LogP contribution < -0.4 is 10.6 Å². The van der Waals surface area contributed by atoms with E-state index in [1.165, 1.54) is 0 Å². The van der Waals surface area contributed by atoms with Crippen LogP contribution in [0.5, 0.6) is 0 Å². The molecule has 1 heterocycles. The molecule has 0 bridgehead atoms. The van der Waals surface area contributed by atoms with E-state index in [0.29, 0.717) is 5.75 Å². The molecule has 84 valence electrons. The normalized spacial score (nSPS) is 12.1. The molecular weight excluding hydrogens is 212 g/mol. The van der Waals surface area contributed by atoms with Crippen molar-refractivity contribution in [2.24, 2.45) is 0 Å². The van der Waals surface area contributed by atoms with Crippen LogP contribution >= 0.6 is 0 Å². The molecule has 0 aliphatic carbocycles. The summed E-state index contributed by atoms with van der Waals surface area (Å²) in [4.78, 5) is 8.27. The summed E-state index contributed by atoms with van der Waals surface area (Å²) in [5.74, 6) is 2.19. The van der Waals surface area contributed by atoms with Gasteiger partial charge in [0.2, 0.25) is 0 Å². The predicted molar refractivity (Wildman–Crippen MR) is 63.6 cm³/mol. The Bertz CT molecular complexity index is 332. The molecule has 0 aliphatic rings. The second-order valence-electron chi connectivity index (χ2n) is 3.10. The van der Waals surface area contributed by atoms with Gasteiger partial charge in [0, 0.05) is 36.4 Å². The maximum Gasteiger partial charge on any atom is 0.146 e. The number of rotatable bonds is 6. The van der Waals surface area contributed by atoms with E-state index in [9.17, 15) is 4.21 Å². The standard InChI is InChI=1S/C9H16N4OS/c1-10-8-6-11-7-9(13-8)12-4-3-5-15(2)14/h6-7H,3-5H2,1-2H3,(H2,10,12,13). The Hall–Kier alpha value is -1.17. The van der Waals surface area contributed by atoms with Crippen molar-refractivity contribution in [3.05, 3.63) is 12.4 Å². The fourth-order valence-corrected chi connectivity index (χ4v) is 1.61. The van der Waals surface area contributed by atoms with Gasteiger partial charge in [-0.2, -0.15) is 0 Å². The van der Waals surface area contributed by atoms with Crippen LogP contribution in [0.1, 0.15) is 6.42 Å². The average molecular weight is 228 g/mol.